The van der Waals surface area contributed by atoms with Crippen molar-refractivity contribution in [2.75, 3.05) is 26.8 Å². The number of aromatic nitrogens is 1. The van der Waals surface area contributed by atoms with Gasteiger partial charge in [-0.15, -0.1) is 0 Å². The van der Waals surface area contributed by atoms with Crippen LogP contribution in [-0.2, 0) is 11.3 Å². The summed E-state index contributed by atoms with van der Waals surface area (Å²) in [5.74, 6) is 0.399. The molecule has 2 heterocycles. The molecule has 3 rings (SSSR count). The average Bonchev–Trinajstić information content (AvgIpc) is 2.72. The molecule has 0 fully saturated rings. The fraction of sp³-hybridized carbons (Fsp3) is 0.476. The molecule has 8 heteroatoms. The van der Waals surface area contributed by atoms with E-state index < -0.39 is 17.0 Å². The van der Waals surface area contributed by atoms with Crippen molar-refractivity contribution in [3.63, 3.8) is 0 Å². The minimum Gasteiger partial charge on any atom is -0.493 e. The van der Waals surface area contributed by atoms with Crippen molar-refractivity contribution in [1.82, 2.24) is 14.8 Å². The number of nitrogens with one attached hydrogen (secondary N) is 1. The van der Waals surface area contributed by atoms with Crippen LogP contribution in [0.2, 0.25) is 0 Å². The SMILES string of the molecule is COc1ccc2cc(C(=O)NC(C)(C)C)c(=O)n3c2c1OCCN(C(C)=O)CC3. The Kier molecular flexibility index (Phi) is 5.55. The topological polar surface area (TPSA) is 89.9 Å². The van der Waals surface area contributed by atoms with Crippen molar-refractivity contribution >= 4 is 22.7 Å². The van der Waals surface area contributed by atoms with Crippen LogP contribution in [0.5, 0.6) is 11.5 Å². The zero-order valence-corrected chi connectivity index (χ0v) is 17.5. The third-order valence-corrected chi connectivity index (χ3v) is 4.77. The molecule has 29 heavy (non-hydrogen) atoms. The van der Waals surface area contributed by atoms with Crippen molar-refractivity contribution < 1.29 is 19.1 Å². The van der Waals surface area contributed by atoms with E-state index in [9.17, 15) is 14.4 Å². The second kappa shape index (κ2) is 7.77. The van der Waals surface area contributed by atoms with Gasteiger partial charge >= 0.3 is 0 Å². The Morgan fingerprint density at radius 3 is 2.52 bits per heavy atom. The van der Waals surface area contributed by atoms with Gasteiger partial charge in [-0.3, -0.25) is 14.4 Å². The molecule has 0 saturated carbocycles. The number of nitrogens with zero attached hydrogens (tertiary/aromatic N) is 2. The summed E-state index contributed by atoms with van der Waals surface area (Å²) in [6.07, 6.45) is 0. The lowest BCUT2D eigenvalue weighted by molar-refractivity contribution is -0.129. The first-order valence-electron chi connectivity index (χ1n) is 9.58. The van der Waals surface area contributed by atoms with Crippen LogP contribution in [0.25, 0.3) is 10.9 Å². The minimum absolute atomic E-state index is 0.0529. The van der Waals surface area contributed by atoms with Gasteiger partial charge in [0.15, 0.2) is 11.5 Å². The summed E-state index contributed by atoms with van der Waals surface area (Å²) in [5.41, 5.74) is -0.293. The van der Waals surface area contributed by atoms with E-state index in [0.29, 0.717) is 35.5 Å². The van der Waals surface area contributed by atoms with Crippen molar-refractivity contribution in [2.45, 2.75) is 39.8 Å². The highest BCUT2D eigenvalue weighted by atomic mass is 16.5. The largest absolute Gasteiger partial charge is 0.493 e. The van der Waals surface area contributed by atoms with Crippen LogP contribution in [0.1, 0.15) is 38.1 Å². The van der Waals surface area contributed by atoms with Crippen molar-refractivity contribution in [1.29, 1.82) is 0 Å². The molecule has 0 saturated heterocycles. The van der Waals surface area contributed by atoms with E-state index in [4.69, 9.17) is 9.47 Å². The number of hydrogen-bond acceptors (Lipinski definition) is 5. The fourth-order valence-electron chi connectivity index (χ4n) is 3.42. The second-order valence-electron chi connectivity index (χ2n) is 8.11. The molecule has 1 aliphatic heterocycles. The van der Waals surface area contributed by atoms with Crippen LogP contribution < -0.4 is 20.3 Å². The molecule has 2 aromatic rings. The van der Waals surface area contributed by atoms with E-state index in [-0.39, 0.29) is 24.6 Å². The van der Waals surface area contributed by atoms with Gasteiger partial charge in [-0.05, 0) is 39.0 Å². The van der Waals surface area contributed by atoms with Crippen molar-refractivity contribution in [3.05, 3.63) is 34.1 Å². The van der Waals surface area contributed by atoms with E-state index in [1.807, 2.05) is 20.8 Å². The molecule has 1 aromatic carbocycles. The third-order valence-electron chi connectivity index (χ3n) is 4.77. The first-order valence-corrected chi connectivity index (χ1v) is 9.58. The average molecular weight is 401 g/mol. The number of ether oxygens (including phenoxy) is 2. The first kappa shape index (κ1) is 20.7. The molecular formula is C21H27N3O5. The van der Waals surface area contributed by atoms with E-state index in [1.165, 1.54) is 18.6 Å². The monoisotopic (exact) mass is 401 g/mol. The van der Waals surface area contributed by atoms with Crippen LogP contribution in [0.3, 0.4) is 0 Å². The molecule has 0 radical (unpaired) electrons. The van der Waals surface area contributed by atoms with Gasteiger partial charge in [0.05, 0.1) is 19.2 Å². The van der Waals surface area contributed by atoms with Crippen LogP contribution >= 0.6 is 0 Å². The number of rotatable bonds is 2. The lowest BCUT2D eigenvalue weighted by Gasteiger charge is -2.22. The van der Waals surface area contributed by atoms with E-state index in [1.54, 1.807) is 23.1 Å². The molecule has 156 valence electrons. The number of hydrogen-bond donors (Lipinski definition) is 1. The van der Waals surface area contributed by atoms with Gasteiger partial charge in [-0.1, -0.05) is 0 Å². The van der Waals surface area contributed by atoms with Crippen LogP contribution in [-0.4, -0.2) is 53.6 Å². The minimum atomic E-state index is -0.480. The second-order valence-corrected chi connectivity index (χ2v) is 8.11. The smallest absolute Gasteiger partial charge is 0.264 e. The molecule has 2 amide bonds. The van der Waals surface area contributed by atoms with Crippen molar-refractivity contribution in [2.24, 2.45) is 0 Å². The van der Waals surface area contributed by atoms with Gasteiger partial charge in [0.1, 0.15) is 12.2 Å². The molecular weight excluding hydrogens is 374 g/mol. The fourth-order valence-corrected chi connectivity index (χ4v) is 3.42. The summed E-state index contributed by atoms with van der Waals surface area (Å²) >= 11 is 0. The highest BCUT2D eigenvalue weighted by Crippen LogP contribution is 2.35. The highest BCUT2D eigenvalue weighted by Gasteiger charge is 2.24. The van der Waals surface area contributed by atoms with Gasteiger partial charge in [0.25, 0.3) is 11.5 Å². The predicted molar refractivity (Wildman–Crippen MR) is 110 cm³/mol. The predicted octanol–water partition coefficient (Wildman–Crippen LogP) is 1.78. The van der Waals surface area contributed by atoms with Crippen molar-refractivity contribution in [3.8, 4) is 11.5 Å². The first-order chi connectivity index (χ1) is 13.6. The Labute approximate surface area is 169 Å². The normalized spacial score (nSPS) is 14.4. The van der Waals surface area contributed by atoms with Gasteiger partial charge in [-0.25, -0.2) is 0 Å². The van der Waals surface area contributed by atoms with Gasteiger partial charge in [0, 0.05) is 30.9 Å². The number of carbonyl (C=O) groups is 2. The maximum absolute atomic E-state index is 13.3. The Hall–Kier alpha value is -3.03. The Morgan fingerprint density at radius 2 is 1.90 bits per heavy atom. The van der Waals surface area contributed by atoms with Crippen LogP contribution in [0, 0.1) is 0 Å². The number of carbonyl (C=O) groups excluding carboxylic acids is 2. The Bertz CT molecular complexity index is 1020. The summed E-state index contributed by atoms with van der Waals surface area (Å²) in [6, 6.07) is 5.13. The number of methoxy groups -OCH3 is 1. The number of amides is 2. The van der Waals surface area contributed by atoms with Gasteiger partial charge < -0.3 is 24.3 Å². The zero-order valence-electron chi connectivity index (χ0n) is 17.5. The quantitative estimate of drug-likeness (QED) is 0.829. The van der Waals surface area contributed by atoms with E-state index >= 15 is 0 Å². The molecule has 0 aliphatic carbocycles. The molecule has 0 bridgehead atoms. The summed E-state index contributed by atoms with van der Waals surface area (Å²) in [7, 11) is 1.53. The lowest BCUT2D eigenvalue weighted by atomic mass is 10.1. The standard InChI is InChI=1S/C21H27N3O5/c1-13(25)23-8-9-24-17-14(6-7-16(28-5)18(17)29-11-10-23)12-15(20(24)27)19(26)22-21(2,3)4/h6-7,12H,8-11H2,1-5H3,(H,22,26). The lowest BCUT2D eigenvalue weighted by Crippen LogP contribution is -2.43. The van der Waals surface area contributed by atoms with Gasteiger partial charge in [-0.2, -0.15) is 0 Å². The number of pyridine rings is 1. The summed E-state index contributed by atoms with van der Waals surface area (Å²) < 4.78 is 12.9. The summed E-state index contributed by atoms with van der Waals surface area (Å²) in [5, 5.41) is 3.53. The summed E-state index contributed by atoms with van der Waals surface area (Å²) in [4.78, 5) is 39.6. The third kappa shape index (κ3) is 4.21. The number of benzene rings is 1. The Balaban J connectivity index is 2.24. The molecule has 8 nitrogen and oxygen atoms in total. The van der Waals surface area contributed by atoms with E-state index in [2.05, 4.69) is 5.32 Å². The molecule has 1 aromatic heterocycles. The molecule has 0 unspecified atom stereocenters. The van der Waals surface area contributed by atoms with Crippen LogP contribution in [0.15, 0.2) is 23.0 Å². The van der Waals surface area contributed by atoms with Crippen LogP contribution in [0.4, 0.5) is 0 Å². The maximum atomic E-state index is 13.3. The molecule has 1 aliphatic rings. The molecule has 0 atom stereocenters. The van der Waals surface area contributed by atoms with Gasteiger partial charge in [0.2, 0.25) is 5.91 Å². The summed E-state index contributed by atoms with van der Waals surface area (Å²) in [6.45, 7) is 8.31. The maximum Gasteiger partial charge on any atom is 0.264 e. The Morgan fingerprint density at radius 1 is 1.17 bits per heavy atom. The van der Waals surface area contributed by atoms with E-state index in [0.717, 1.165) is 0 Å². The zero-order chi connectivity index (χ0) is 21.3. The molecule has 1 N–H and O–H groups in total. The molecule has 0 spiro atoms. The highest BCUT2D eigenvalue weighted by molar-refractivity contribution is 5.99.